The second-order valence-corrected chi connectivity index (χ2v) is 6.55. The Labute approximate surface area is 149 Å². The Morgan fingerprint density at radius 3 is 3.00 bits per heavy atom. The molecule has 1 aliphatic heterocycles. The molecule has 5 heteroatoms. The van der Waals surface area contributed by atoms with E-state index in [2.05, 4.69) is 22.0 Å². The highest BCUT2D eigenvalue weighted by Gasteiger charge is 2.19. The maximum atomic E-state index is 9.37. The van der Waals surface area contributed by atoms with Crippen LogP contribution in [0.4, 0.5) is 0 Å². The van der Waals surface area contributed by atoms with E-state index < -0.39 is 0 Å². The molecule has 25 heavy (non-hydrogen) atoms. The molecule has 1 atom stereocenters. The summed E-state index contributed by atoms with van der Waals surface area (Å²) >= 11 is 0. The number of aliphatic hydroxyl groups excluding tert-OH is 1. The normalized spacial score (nSPS) is 18.1. The van der Waals surface area contributed by atoms with Crippen LogP contribution in [-0.4, -0.2) is 41.8 Å². The van der Waals surface area contributed by atoms with Gasteiger partial charge in [-0.25, -0.2) is 0 Å². The van der Waals surface area contributed by atoms with Crippen molar-refractivity contribution in [2.75, 3.05) is 26.8 Å². The van der Waals surface area contributed by atoms with Gasteiger partial charge in [-0.15, -0.1) is 0 Å². The molecule has 1 saturated heterocycles. The molecule has 0 aliphatic carbocycles. The quantitative estimate of drug-likeness (QED) is 0.838. The maximum absolute atomic E-state index is 9.37. The highest BCUT2D eigenvalue weighted by Crippen LogP contribution is 2.21. The standard InChI is InChI=1S/C20H26N2O3/c1-24-19-7-8-21-18(11-19)15-25-20-6-2-4-16(10-20)12-22-9-3-5-17(13-22)14-23/h2,4,6-8,10-11,17,23H,3,5,9,12-15H2,1H3. The molecule has 1 fully saturated rings. The van der Waals surface area contributed by atoms with E-state index in [9.17, 15) is 5.11 Å². The van der Waals surface area contributed by atoms with Gasteiger partial charge in [0.05, 0.1) is 12.8 Å². The summed E-state index contributed by atoms with van der Waals surface area (Å²) in [5.74, 6) is 2.04. The van der Waals surface area contributed by atoms with Crippen molar-refractivity contribution in [3.05, 3.63) is 53.9 Å². The van der Waals surface area contributed by atoms with Gasteiger partial charge in [-0.2, -0.15) is 0 Å². The lowest BCUT2D eigenvalue weighted by atomic mass is 9.98. The van der Waals surface area contributed by atoms with Crippen LogP contribution in [0.2, 0.25) is 0 Å². The van der Waals surface area contributed by atoms with Gasteiger partial charge in [0, 0.05) is 32.0 Å². The van der Waals surface area contributed by atoms with Gasteiger partial charge < -0.3 is 14.6 Å². The smallest absolute Gasteiger partial charge is 0.130 e. The van der Waals surface area contributed by atoms with Gasteiger partial charge in [0.1, 0.15) is 18.1 Å². The Morgan fingerprint density at radius 1 is 1.24 bits per heavy atom. The summed E-state index contributed by atoms with van der Waals surface area (Å²) in [7, 11) is 1.64. The first-order valence-electron chi connectivity index (χ1n) is 8.80. The van der Waals surface area contributed by atoms with Crippen LogP contribution in [-0.2, 0) is 13.2 Å². The van der Waals surface area contributed by atoms with Crippen LogP contribution < -0.4 is 9.47 Å². The van der Waals surface area contributed by atoms with Crippen molar-refractivity contribution in [1.29, 1.82) is 0 Å². The first-order chi connectivity index (χ1) is 12.3. The Bertz CT molecular complexity index is 677. The number of aromatic nitrogens is 1. The zero-order chi connectivity index (χ0) is 17.5. The summed E-state index contributed by atoms with van der Waals surface area (Å²) in [6.07, 6.45) is 4.01. The Kier molecular flexibility index (Phi) is 6.25. The minimum absolute atomic E-state index is 0.285. The molecule has 0 bridgehead atoms. The predicted molar refractivity (Wildman–Crippen MR) is 96.6 cm³/mol. The number of benzene rings is 1. The molecule has 2 aromatic rings. The number of pyridine rings is 1. The van der Waals surface area contributed by atoms with Crippen molar-refractivity contribution in [2.45, 2.75) is 26.0 Å². The molecule has 134 valence electrons. The van der Waals surface area contributed by atoms with Crippen molar-refractivity contribution in [2.24, 2.45) is 5.92 Å². The summed E-state index contributed by atoms with van der Waals surface area (Å²) in [5.41, 5.74) is 2.07. The molecule has 1 aliphatic rings. The lowest BCUT2D eigenvalue weighted by Crippen LogP contribution is -2.36. The Balaban J connectivity index is 1.57. The van der Waals surface area contributed by atoms with Crippen LogP contribution in [0, 0.1) is 5.92 Å². The number of rotatable bonds is 7. The zero-order valence-corrected chi connectivity index (χ0v) is 14.7. The second kappa shape index (κ2) is 8.83. The van der Waals surface area contributed by atoms with E-state index in [0.717, 1.165) is 49.7 Å². The molecule has 5 nitrogen and oxygen atoms in total. The number of hydrogen-bond acceptors (Lipinski definition) is 5. The third kappa shape index (κ3) is 5.18. The van der Waals surface area contributed by atoms with E-state index in [4.69, 9.17) is 9.47 Å². The topological polar surface area (TPSA) is 54.8 Å². The Morgan fingerprint density at radius 2 is 2.16 bits per heavy atom. The van der Waals surface area contributed by atoms with Crippen molar-refractivity contribution in [3.8, 4) is 11.5 Å². The average molecular weight is 342 g/mol. The van der Waals surface area contributed by atoms with Gasteiger partial charge in [-0.1, -0.05) is 12.1 Å². The Hall–Kier alpha value is -2.11. The first-order valence-corrected chi connectivity index (χ1v) is 8.80. The molecule has 0 saturated carbocycles. The molecule has 1 aromatic heterocycles. The largest absolute Gasteiger partial charge is 0.497 e. The van der Waals surface area contributed by atoms with Crippen LogP contribution in [0.3, 0.4) is 0 Å². The van der Waals surface area contributed by atoms with Crippen molar-refractivity contribution >= 4 is 0 Å². The minimum atomic E-state index is 0.285. The van der Waals surface area contributed by atoms with Crippen LogP contribution in [0.15, 0.2) is 42.6 Å². The first kappa shape index (κ1) is 17.7. The number of nitrogens with zero attached hydrogens (tertiary/aromatic N) is 2. The van der Waals surface area contributed by atoms with Gasteiger partial charge in [0.25, 0.3) is 0 Å². The minimum Gasteiger partial charge on any atom is -0.497 e. The lowest BCUT2D eigenvalue weighted by molar-refractivity contribution is 0.116. The lowest BCUT2D eigenvalue weighted by Gasteiger charge is -2.31. The van der Waals surface area contributed by atoms with Crippen molar-refractivity contribution in [3.63, 3.8) is 0 Å². The van der Waals surface area contributed by atoms with Gasteiger partial charge in [0.15, 0.2) is 0 Å². The third-order valence-electron chi connectivity index (χ3n) is 4.58. The van der Waals surface area contributed by atoms with Gasteiger partial charge in [-0.05, 0) is 49.1 Å². The van der Waals surface area contributed by atoms with E-state index in [0.29, 0.717) is 12.5 Å². The monoisotopic (exact) mass is 342 g/mol. The second-order valence-electron chi connectivity index (χ2n) is 6.55. The zero-order valence-electron chi connectivity index (χ0n) is 14.7. The van der Waals surface area contributed by atoms with Crippen LogP contribution in [0.5, 0.6) is 11.5 Å². The van der Waals surface area contributed by atoms with E-state index in [-0.39, 0.29) is 6.61 Å². The van der Waals surface area contributed by atoms with Crippen LogP contribution in [0.1, 0.15) is 24.1 Å². The van der Waals surface area contributed by atoms with Crippen molar-refractivity contribution < 1.29 is 14.6 Å². The number of piperidine rings is 1. The molecule has 0 radical (unpaired) electrons. The molecular formula is C20H26N2O3. The van der Waals surface area contributed by atoms with Gasteiger partial charge in [-0.3, -0.25) is 9.88 Å². The summed E-state index contributed by atoms with van der Waals surface area (Å²) in [5, 5.41) is 9.37. The highest BCUT2D eigenvalue weighted by molar-refractivity contribution is 5.29. The van der Waals surface area contributed by atoms with E-state index in [1.807, 2.05) is 24.3 Å². The summed E-state index contributed by atoms with van der Waals surface area (Å²) in [6, 6.07) is 11.9. The number of aliphatic hydroxyl groups is 1. The van der Waals surface area contributed by atoms with Gasteiger partial charge >= 0.3 is 0 Å². The van der Waals surface area contributed by atoms with Gasteiger partial charge in [0.2, 0.25) is 0 Å². The molecule has 1 N–H and O–H groups in total. The average Bonchev–Trinajstić information content (AvgIpc) is 2.67. The third-order valence-corrected chi connectivity index (χ3v) is 4.58. The summed E-state index contributed by atoms with van der Waals surface area (Å²) < 4.78 is 11.1. The van der Waals surface area contributed by atoms with Crippen LogP contribution >= 0.6 is 0 Å². The van der Waals surface area contributed by atoms with Crippen molar-refractivity contribution in [1.82, 2.24) is 9.88 Å². The number of likely N-dealkylation sites (tertiary alicyclic amines) is 1. The molecule has 1 aromatic carbocycles. The van der Waals surface area contributed by atoms with Crippen LogP contribution in [0.25, 0.3) is 0 Å². The fourth-order valence-corrected chi connectivity index (χ4v) is 3.25. The highest BCUT2D eigenvalue weighted by atomic mass is 16.5. The SMILES string of the molecule is COc1ccnc(COc2cccc(CN3CCCC(CO)C3)c2)c1. The molecule has 2 heterocycles. The summed E-state index contributed by atoms with van der Waals surface area (Å²) in [4.78, 5) is 6.71. The molecule has 1 unspecified atom stereocenters. The summed E-state index contributed by atoms with van der Waals surface area (Å²) in [6.45, 7) is 3.65. The number of methoxy groups -OCH3 is 1. The van der Waals surface area contributed by atoms with E-state index >= 15 is 0 Å². The maximum Gasteiger partial charge on any atom is 0.130 e. The molecule has 3 rings (SSSR count). The predicted octanol–water partition coefficient (Wildman–Crippen LogP) is 2.87. The number of hydrogen-bond donors (Lipinski definition) is 1. The molecule has 0 amide bonds. The van der Waals surface area contributed by atoms with E-state index in [1.54, 1.807) is 13.3 Å². The van der Waals surface area contributed by atoms with E-state index in [1.165, 1.54) is 5.56 Å². The fraction of sp³-hybridized carbons (Fsp3) is 0.450. The number of ether oxygens (including phenoxy) is 2. The molecule has 0 spiro atoms. The fourth-order valence-electron chi connectivity index (χ4n) is 3.25. The molecular weight excluding hydrogens is 316 g/mol.